The van der Waals surface area contributed by atoms with Gasteiger partial charge in [-0.05, 0) is 25.7 Å². The van der Waals surface area contributed by atoms with Gasteiger partial charge in [-0.3, -0.25) is 9.59 Å². The average molecular weight is 294 g/mol. The molecule has 0 aromatic rings. The first-order valence-electron chi connectivity index (χ1n) is 8.61. The van der Waals surface area contributed by atoms with Crippen molar-refractivity contribution in [3.8, 4) is 0 Å². The van der Waals surface area contributed by atoms with Crippen molar-refractivity contribution in [1.82, 2.24) is 9.80 Å². The van der Waals surface area contributed by atoms with Crippen molar-refractivity contribution < 1.29 is 9.59 Å². The fourth-order valence-electron chi connectivity index (χ4n) is 3.72. The highest BCUT2D eigenvalue weighted by Gasteiger charge is 2.27. The molecule has 0 aliphatic heterocycles. The monoisotopic (exact) mass is 294 g/mol. The van der Waals surface area contributed by atoms with E-state index >= 15 is 0 Å². The second-order valence-corrected chi connectivity index (χ2v) is 6.77. The van der Waals surface area contributed by atoms with Gasteiger partial charge in [-0.15, -0.1) is 0 Å². The highest BCUT2D eigenvalue weighted by molar-refractivity contribution is 5.96. The van der Waals surface area contributed by atoms with Crippen LogP contribution >= 0.6 is 0 Å². The first kappa shape index (κ1) is 16.3. The van der Waals surface area contributed by atoms with Gasteiger partial charge in [0.25, 0.3) is 0 Å². The van der Waals surface area contributed by atoms with Crippen LogP contribution in [0.3, 0.4) is 0 Å². The van der Waals surface area contributed by atoms with E-state index in [4.69, 9.17) is 0 Å². The quantitative estimate of drug-likeness (QED) is 0.748. The maximum absolute atomic E-state index is 12.3. The van der Waals surface area contributed by atoms with Crippen LogP contribution in [0.2, 0.25) is 0 Å². The summed E-state index contributed by atoms with van der Waals surface area (Å²) in [6.45, 7) is 0. The van der Waals surface area contributed by atoms with Gasteiger partial charge in [0.15, 0.2) is 0 Å². The molecule has 0 spiro atoms. The van der Waals surface area contributed by atoms with Crippen molar-refractivity contribution in [2.45, 2.75) is 82.7 Å². The Morgan fingerprint density at radius 3 is 1.38 bits per heavy atom. The molecule has 0 saturated heterocycles. The molecule has 0 N–H and O–H groups in total. The highest BCUT2D eigenvalue weighted by atomic mass is 16.2. The zero-order chi connectivity index (χ0) is 15.2. The molecular weight excluding hydrogens is 264 g/mol. The predicted octanol–water partition coefficient (Wildman–Crippen LogP) is 2.96. The standard InChI is InChI=1S/C17H30N2O2/c1-18(14-9-5-3-6-10-14)16(20)13-17(21)19(2)15-11-7-4-8-12-15/h14-15H,3-13H2,1-2H3. The molecule has 0 radical (unpaired) electrons. The Morgan fingerprint density at radius 2 is 1.05 bits per heavy atom. The van der Waals surface area contributed by atoms with Crippen molar-refractivity contribution in [2.24, 2.45) is 0 Å². The van der Waals surface area contributed by atoms with Crippen LogP contribution in [0.15, 0.2) is 0 Å². The highest BCUT2D eigenvalue weighted by Crippen LogP contribution is 2.24. The summed E-state index contributed by atoms with van der Waals surface area (Å²) >= 11 is 0. The van der Waals surface area contributed by atoms with Crippen molar-refractivity contribution in [3.63, 3.8) is 0 Å². The molecule has 0 bridgehead atoms. The molecule has 21 heavy (non-hydrogen) atoms. The minimum Gasteiger partial charge on any atom is -0.342 e. The van der Waals surface area contributed by atoms with E-state index in [1.54, 1.807) is 0 Å². The van der Waals surface area contributed by atoms with Crippen molar-refractivity contribution in [2.75, 3.05) is 14.1 Å². The third-order valence-corrected chi connectivity index (χ3v) is 5.33. The van der Waals surface area contributed by atoms with E-state index in [1.807, 2.05) is 23.9 Å². The number of carbonyl (C=O) groups is 2. The van der Waals surface area contributed by atoms with Gasteiger partial charge >= 0.3 is 0 Å². The Morgan fingerprint density at radius 1 is 0.714 bits per heavy atom. The minimum atomic E-state index is -0.00504. The summed E-state index contributed by atoms with van der Waals surface area (Å²) < 4.78 is 0. The number of nitrogens with zero attached hydrogens (tertiary/aromatic N) is 2. The zero-order valence-corrected chi connectivity index (χ0v) is 13.6. The average Bonchev–Trinajstić information content (AvgIpc) is 2.55. The number of hydrogen-bond donors (Lipinski definition) is 0. The van der Waals surface area contributed by atoms with Crippen LogP contribution in [-0.2, 0) is 9.59 Å². The van der Waals surface area contributed by atoms with Crippen LogP contribution < -0.4 is 0 Å². The van der Waals surface area contributed by atoms with E-state index in [9.17, 15) is 9.59 Å². The molecule has 0 unspecified atom stereocenters. The van der Waals surface area contributed by atoms with Crippen LogP contribution in [0.25, 0.3) is 0 Å². The van der Waals surface area contributed by atoms with Gasteiger partial charge in [-0.25, -0.2) is 0 Å². The first-order valence-corrected chi connectivity index (χ1v) is 8.61. The van der Waals surface area contributed by atoms with Crippen molar-refractivity contribution in [1.29, 1.82) is 0 Å². The topological polar surface area (TPSA) is 40.6 Å². The third-order valence-electron chi connectivity index (χ3n) is 5.33. The van der Waals surface area contributed by atoms with E-state index in [1.165, 1.54) is 38.5 Å². The fourth-order valence-corrected chi connectivity index (χ4v) is 3.72. The summed E-state index contributed by atoms with van der Waals surface area (Å²) in [4.78, 5) is 28.3. The van der Waals surface area contributed by atoms with Gasteiger partial charge in [-0.2, -0.15) is 0 Å². The van der Waals surface area contributed by atoms with E-state index in [2.05, 4.69) is 0 Å². The lowest BCUT2D eigenvalue weighted by molar-refractivity contribution is -0.142. The van der Waals surface area contributed by atoms with Gasteiger partial charge < -0.3 is 9.80 Å². The molecule has 2 aliphatic carbocycles. The van der Waals surface area contributed by atoms with Crippen molar-refractivity contribution in [3.05, 3.63) is 0 Å². The normalized spacial score (nSPS) is 21.0. The minimum absolute atomic E-state index is 0.00504. The van der Waals surface area contributed by atoms with Gasteiger partial charge in [0.2, 0.25) is 11.8 Å². The van der Waals surface area contributed by atoms with Crippen molar-refractivity contribution >= 4 is 11.8 Å². The molecule has 0 aromatic carbocycles. The van der Waals surface area contributed by atoms with Crippen LogP contribution in [0.4, 0.5) is 0 Å². The molecule has 2 rings (SSSR count). The number of amides is 2. The summed E-state index contributed by atoms with van der Waals surface area (Å²) in [5, 5.41) is 0. The summed E-state index contributed by atoms with van der Waals surface area (Å²) in [7, 11) is 3.73. The fraction of sp³-hybridized carbons (Fsp3) is 0.882. The summed E-state index contributed by atoms with van der Waals surface area (Å²) in [5.41, 5.74) is 0. The van der Waals surface area contributed by atoms with E-state index in [0.29, 0.717) is 12.1 Å². The Balaban J connectivity index is 1.81. The Labute approximate surface area is 128 Å². The lowest BCUT2D eigenvalue weighted by Crippen LogP contribution is -2.43. The van der Waals surface area contributed by atoms with Crippen LogP contribution in [0, 0.1) is 0 Å². The van der Waals surface area contributed by atoms with Gasteiger partial charge in [0.05, 0.1) is 0 Å². The van der Waals surface area contributed by atoms with Crippen LogP contribution in [0.1, 0.15) is 70.6 Å². The molecule has 0 atom stereocenters. The van der Waals surface area contributed by atoms with Crippen LogP contribution in [-0.4, -0.2) is 47.8 Å². The molecule has 0 heterocycles. The summed E-state index contributed by atoms with van der Waals surface area (Å²) in [6.07, 6.45) is 11.8. The number of carbonyl (C=O) groups excluding carboxylic acids is 2. The molecule has 2 aliphatic rings. The predicted molar refractivity (Wildman–Crippen MR) is 83.9 cm³/mol. The lowest BCUT2D eigenvalue weighted by Gasteiger charge is -2.33. The van der Waals surface area contributed by atoms with Gasteiger partial charge in [0, 0.05) is 26.2 Å². The second-order valence-electron chi connectivity index (χ2n) is 6.77. The van der Waals surface area contributed by atoms with E-state index in [-0.39, 0.29) is 18.2 Å². The molecule has 2 amide bonds. The third kappa shape index (κ3) is 4.45. The second kappa shape index (κ2) is 7.81. The van der Waals surface area contributed by atoms with Gasteiger partial charge in [0.1, 0.15) is 6.42 Å². The molecule has 4 heteroatoms. The maximum Gasteiger partial charge on any atom is 0.232 e. The van der Waals surface area contributed by atoms with Gasteiger partial charge in [-0.1, -0.05) is 38.5 Å². The van der Waals surface area contributed by atoms with E-state index < -0.39 is 0 Å². The molecule has 2 fully saturated rings. The van der Waals surface area contributed by atoms with Crippen LogP contribution in [0.5, 0.6) is 0 Å². The molecule has 2 saturated carbocycles. The molecule has 120 valence electrons. The molecule has 4 nitrogen and oxygen atoms in total. The summed E-state index contributed by atoms with van der Waals surface area (Å²) in [5.74, 6) is -0.0101. The maximum atomic E-state index is 12.3. The largest absolute Gasteiger partial charge is 0.342 e. The number of rotatable bonds is 4. The van der Waals surface area contributed by atoms with E-state index in [0.717, 1.165) is 25.7 Å². The number of hydrogen-bond acceptors (Lipinski definition) is 2. The Kier molecular flexibility index (Phi) is 6.07. The first-order chi connectivity index (χ1) is 10.1. The molecular formula is C17H30N2O2. The zero-order valence-electron chi connectivity index (χ0n) is 13.6. The molecule has 0 aromatic heterocycles. The SMILES string of the molecule is CN(C(=O)CC(=O)N(C)C1CCCCC1)C1CCCCC1. The lowest BCUT2D eigenvalue weighted by atomic mass is 9.94. The summed E-state index contributed by atoms with van der Waals surface area (Å²) in [6, 6.07) is 0.693. The Bertz CT molecular complexity index is 324. The smallest absolute Gasteiger partial charge is 0.232 e. The Hall–Kier alpha value is -1.06.